The summed E-state index contributed by atoms with van der Waals surface area (Å²) < 4.78 is 0. The van der Waals surface area contributed by atoms with Gasteiger partial charge < -0.3 is 4.90 Å². The van der Waals surface area contributed by atoms with Gasteiger partial charge in [0.1, 0.15) is 0 Å². The van der Waals surface area contributed by atoms with E-state index in [1.165, 1.54) is 89.0 Å². The van der Waals surface area contributed by atoms with Gasteiger partial charge in [0.05, 0.1) is 5.41 Å². The van der Waals surface area contributed by atoms with E-state index in [1.54, 1.807) is 0 Å². The van der Waals surface area contributed by atoms with E-state index in [-0.39, 0.29) is 5.41 Å². The molecule has 0 saturated carbocycles. The van der Waals surface area contributed by atoms with E-state index in [1.807, 2.05) is 0 Å². The van der Waals surface area contributed by atoms with Crippen LogP contribution in [0.15, 0.2) is 249 Å². The van der Waals surface area contributed by atoms with E-state index < -0.39 is 5.41 Å². The molecule has 0 fully saturated rings. The smallest absolute Gasteiger partial charge is 0.0719 e. The third kappa shape index (κ3) is 6.15. The predicted molar refractivity (Wildman–Crippen MR) is 272 cm³/mol. The molecule has 1 nitrogen and oxygen atoms in total. The zero-order chi connectivity index (χ0) is 43.5. The van der Waals surface area contributed by atoms with Crippen molar-refractivity contribution in [2.24, 2.45) is 0 Å². The Hall–Kier alpha value is -8.00. The summed E-state index contributed by atoms with van der Waals surface area (Å²) in [6.07, 6.45) is 0. The predicted octanol–water partition coefficient (Wildman–Crippen LogP) is 16.8. The Balaban J connectivity index is 0.890. The maximum atomic E-state index is 2.39. The minimum atomic E-state index is -0.419. The van der Waals surface area contributed by atoms with Gasteiger partial charge in [0.25, 0.3) is 0 Å². The molecule has 0 saturated heterocycles. The molecule has 0 aromatic heterocycles. The van der Waals surface area contributed by atoms with Gasteiger partial charge in [0.2, 0.25) is 0 Å². The lowest BCUT2D eigenvalue weighted by molar-refractivity contribution is 0.563. The topological polar surface area (TPSA) is 3.24 Å². The number of nitrogens with zero attached hydrogens (tertiary/aromatic N) is 1. The third-order valence-electron chi connectivity index (χ3n) is 14.2. The molecule has 1 spiro atoms. The molecule has 308 valence electrons. The number of fused-ring (bicyclic) bond motifs is 9. The van der Waals surface area contributed by atoms with Gasteiger partial charge >= 0.3 is 0 Å². The maximum absolute atomic E-state index is 2.39. The Morgan fingerprint density at radius 3 is 1.09 bits per heavy atom. The first-order chi connectivity index (χ1) is 32.0. The number of rotatable bonds is 7. The summed E-state index contributed by atoms with van der Waals surface area (Å²) in [6, 6.07) is 91.6. The Labute approximate surface area is 382 Å². The summed E-state index contributed by atoms with van der Waals surface area (Å²) >= 11 is 0. The Morgan fingerprint density at radius 2 is 0.585 bits per heavy atom. The van der Waals surface area contributed by atoms with Crippen molar-refractivity contribution in [1.29, 1.82) is 0 Å². The minimum Gasteiger partial charge on any atom is -0.311 e. The lowest BCUT2D eigenvalue weighted by Crippen LogP contribution is -2.40. The molecule has 0 amide bonds. The first kappa shape index (κ1) is 38.7. The molecular formula is C64H47N. The van der Waals surface area contributed by atoms with Crippen molar-refractivity contribution >= 4 is 17.1 Å². The summed E-state index contributed by atoms with van der Waals surface area (Å²) in [7, 11) is 0. The van der Waals surface area contributed by atoms with Crippen LogP contribution >= 0.6 is 0 Å². The van der Waals surface area contributed by atoms with E-state index in [0.717, 1.165) is 17.1 Å². The Kier molecular flexibility index (Phi) is 9.14. The highest BCUT2D eigenvalue weighted by molar-refractivity contribution is 5.97. The number of benzene rings is 10. The Bertz CT molecular complexity index is 3290. The number of anilines is 3. The fraction of sp³-hybridized carbons (Fsp3) is 0.0625. The highest BCUT2D eigenvalue weighted by Crippen LogP contribution is 2.63. The Morgan fingerprint density at radius 1 is 0.246 bits per heavy atom. The molecule has 0 aliphatic heterocycles. The molecule has 0 atom stereocenters. The molecular weight excluding hydrogens is 783 g/mol. The largest absolute Gasteiger partial charge is 0.311 e. The normalized spacial score (nSPS) is 13.6. The van der Waals surface area contributed by atoms with Gasteiger partial charge in [-0.15, -0.1) is 0 Å². The molecule has 1 heteroatoms. The molecule has 0 bridgehead atoms. The summed E-state index contributed by atoms with van der Waals surface area (Å²) in [6.45, 7) is 4.77. The van der Waals surface area contributed by atoms with Gasteiger partial charge in [0.15, 0.2) is 0 Å². The molecule has 0 N–H and O–H groups in total. The molecule has 0 unspecified atom stereocenters. The van der Waals surface area contributed by atoms with Gasteiger partial charge in [-0.2, -0.15) is 0 Å². The molecule has 0 radical (unpaired) electrons. The monoisotopic (exact) mass is 829 g/mol. The standard InChI is InChI=1S/C64H47N/c1-63(2)57-23-11-13-25-59(57)64(60-26-14-12-24-58(60)63)56-22-10-9-20-55(56)62-54(21-15-27-61(62)64)50-38-42-53(43-39-50)65(51-18-7-4-8-19-51)52-40-36-49(37-41-52)48-34-32-47(33-35-48)46-30-28-45(29-31-46)44-16-5-3-6-17-44/h3-43H,1-2H3. The fourth-order valence-electron chi connectivity index (χ4n) is 11.1. The number of hydrogen-bond donors (Lipinski definition) is 0. The van der Waals surface area contributed by atoms with E-state index in [0.29, 0.717) is 0 Å². The van der Waals surface area contributed by atoms with Crippen molar-refractivity contribution < 1.29 is 0 Å². The quantitative estimate of drug-likeness (QED) is 0.155. The lowest BCUT2D eigenvalue weighted by Gasteiger charge is -2.46. The molecule has 0 heterocycles. The van der Waals surface area contributed by atoms with Crippen LogP contribution < -0.4 is 4.90 Å². The maximum Gasteiger partial charge on any atom is 0.0719 e. The van der Waals surface area contributed by atoms with Crippen LogP contribution in [0.5, 0.6) is 0 Å². The van der Waals surface area contributed by atoms with Crippen LogP contribution in [0, 0.1) is 0 Å². The van der Waals surface area contributed by atoms with Crippen molar-refractivity contribution in [3.63, 3.8) is 0 Å². The van der Waals surface area contributed by atoms with Crippen LogP contribution in [0.1, 0.15) is 47.2 Å². The molecule has 10 aromatic rings. The molecule has 12 rings (SSSR count). The molecule has 65 heavy (non-hydrogen) atoms. The lowest BCUT2D eigenvalue weighted by atomic mass is 9.55. The molecule has 2 aliphatic rings. The second kappa shape index (κ2) is 15.4. The van der Waals surface area contributed by atoms with E-state index in [4.69, 9.17) is 0 Å². The second-order valence-electron chi connectivity index (χ2n) is 18.0. The van der Waals surface area contributed by atoms with Crippen LogP contribution in [0.4, 0.5) is 17.1 Å². The fourth-order valence-corrected chi connectivity index (χ4v) is 11.1. The summed E-state index contributed by atoms with van der Waals surface area (Å²) in [5.74, 6) is 0. The van der Waals surface area contributed by atoms with Gasteiger partial charge in [-0.25, -0.2) is 0 Å². The molecule has 2 aliphatic carbocycles. The van der Waals surface area contributed by atoms with Crippen molar-refractivity contribution in [2.45, 2.75) is 24.7 Å². The van der Waals surface area contributed by atoms with Crippen LogP contribution in [0.2, 0.25) is 0 Å². The van der Waals surface area contributed by atoms with Gasteiger partial charge in [-0.3, -0.25) is 0 Å². The highest BCUT2D eigenvalue weighted by Gasteiger charge is 2.53. The van der Waals surface area contributed by atoms with Crippen molar-refractivity contribution in [1.82, 2.24) is 0 Å². The van der Waals surface area contributed by atoms with Gasteiger partial charge in [-0.1, -0.05) is 226 Å². The average Bonchev–Trinajstić information content (AvgIpc) is 3.68. The first-order valence-corrected chi connectivity index (χ1v) is 22.8. The van der Waals surface area contributed by atoms with Crippen molar-refractivity contribution in [3.8, 4) is 55.6 Å². The average molecular weight is 830 g/mol. The van der Waals surface area contributed by atoms with E-state index in [9.17, 15) is 0 Å². The second-order valence-corrected chi connectivity index (χ2v) is 18.0. The van der Waals surface area contributed by atoms with Gasteiger partial charge in [0, 0.05) is 22.5 Å². The molecule has 10 aromatic carbocycles. The van der Waals surface area contributed by atoms with Gasteiger partial charge in [-0.05, 0) is 125 Å². The first-order valence-electron chi connectivity index (χ1n) is 22.8. The van der Waals surface area contributed by atoms with Crippen LogP contribution in [-0.4, -0.2) is 0 Å². The zero-order valence-electron chi connectivity index (χ0n) is 36.6. The number of para-hydroxylation sites is 1. The van der Waals surface area contributed by atoms with Crippen LogP contribution in [-0.2, 0) is 10.8 Å². The highest BCUT2D eigenvalue weighted by atomic mass is 15.1. The van der Waals surface area contributed by atoms with Crippen LogP contribution in [0.25, 0.3) is 55.6 Å². The zero-order valence-corrected chi connectivity index (χ0v) is 36.6. The number of hydrogen-bond acceptors (Lipinski definition) is 1. The third-order valence-corrected chi connectivity index (χ3v) is 14.2. The SMILES string of the molecule is CC1(C)c2ccccc2C2(c3ccccc3-c3c(-c4ccc(N(c5ccccc5)c5ccc(-c6ccc(-c7ccc(-c8ccccc8)cc7)cc6)cc5)cc4)cccc32)c2ccccc21. The summed E-state index contributed by atoms with van der Waals surface area (Å²) in [4.78, 5) is 2.35. The van der Waals surface area contributed by atoms with Crippen molar-refractivity contribution in [2.75, 3.05) is 4.90 Å². The minimum absolute atomic E-state index is 0.128. The van der Waals surface area contributed by atoms with E-state index >= 15 is 0 Å². The van der Waals surface area contributed by atoms with Crippen molar-refractivity contribution in [3.05, 3.63) is 282 Å². The van der Waals surface area contributed by atoms with E-state index in [2.05, 4.69) is 267 Å². The van der Waals surface area contributed by atoms with Crippen LogP contribution in [0.3, 0.4) is 0 Å². The summed E-state index contributed by atoms with van der Waals surface area (Å²) in [5.41, 5.74) is 23.4. The summed E-state index contributed by atoms with van der Waals surface area (Å²) in [5, 5.41) is 0.